The normalized spacial score (nSPS) is 28.5. The lowest BCUT2D eigenvalue weighted by Crippen LogP contribution is -2.35. The molecule has 0 saturated heterocycles. The van der Waals surface area contributed by atoms with Gasteiger partial charge in [-0.2, -0.15) is 0 Å². The van der Waals surface area contributed by atoms with E-state index in [1.807, 2.05) is 0 Å². The van der Waals surface area contributed by atoms with Gasteiger partial charge < -0.3 is 5.11 Å². The van der Waals surface area contributed by atoms with E-state index in [1.165, 1.54) is 24.0 Å². The van der Waals surface area contributed by atoms with Crippen molar-refractivity contribution < 1.29 is 5.11 Å². The zero-order valence-corrected chi connectivity index (χ0v) is 11.1. The number of hydrogen-bond acceptors (Lipinski definition) is 1. The molecule has 1 aliphatic rings. The topological polar surface area (TPSA) is 20.2 Å². The first-order valence-electron chi connectivity index (χ1n) is 6.98. The largest absolute Gasteiger partial charge is 0.389 e. The second-order valence-corrected chi connectivity index (χ2v) is 5.45. The summed E-state index contributed by atoms with van der Waals surface area (Å²) in [6.07, 6.45) is 6.37. The first-order chi connectivity index (χ1) is 8.18. The maximum absolute atomic E-state index is 10.7. The van der Waals surface area contributed by atoms with E-state index in [1.54, 1.807) is 0 Å². The summed E-state index contributed by atoms with van der Waals surface area (Å²) in [5.41, 5.74) is 2.21. The number of aryl methyl sites for hydroxylation is 1. The Morgan fingerprint density at radius 1 is 1.18 bits per heavy atom. The molecule has 2 unspecified atom stereocenters. The highest BCUT2D eigenvalue weighted by Gasteiger charge is 2.39. The van der Waals surface area contributed by atoms with Gasteiger partial charge in [0.1, 0.15) is 0 Å². The van der Waals surface area contributed by atoms with Gasteiger partial charge in [0.15, 0.2) is 0 Å². The maximum Gasteiger partial charge on any atom is 0.0715 e. The van der Waals surface area contributed by atoms with Crippen molar-refractivity contribution in [2.75, 3.05) is 0 Å². The van der Waals surface area contributed by atoms with Crippen molar-refractivity contribution in [3.63, 3.8) is 0 Å². The van der Waals surface area contributed by atoms with E-state index in [2.05, 4.69) is 38.1 Å². The molecule has 1 fully saturated rings. The van der Waals surface area contributed by atoms with Crippen LogP contribution in [0.3, 0.4) is 0 Å². The Bertz CT molecular complexity index is 354. The standard InChI is InChI=1S/C16H24O/c1-3-13-7-9-14(10-8-13)12-16(17)11-5-6-15(16)4-2/h7-10,15,17H,3-6,11-12H2,1-2H3. The molecule has 1 N–H and O–H groups in total. The molecule has 0 spiro atoms. The molecule has 1 aromatic rings. The van der Waals surface area contributed by atoms with Crippen LogP contribution in [0, 0.1) is 5.92 Å². The maximum atomic E-state index is 10.7. The Morgan fingerprint density at radius 3 is 2.41 bits per heavy atom. The average Bonchev–Trinajstić information content (AvgIpc) is 2.71. The van der Waals surface area contributed by atoms with Crippen molar-refractivity contribution in [1.82, 2.24) is 0 Å². The molecule has 1 saturated carbocycles. The Hall–Kier alpha value is -0.820. The molecule has 1 nitrogen and oxygen atoms in total. The highest BCUT2D eigenvalue weighted by atomic mass is 16.3. The van der Waals surface area contributed by atoms with Gasteiger partial charge in [0.25, 0.3) is 0 Å². The lowest BCUT2D eigenvalue weighted by atomic mass is 9.83. The Balaban J connectivity index is 2.08. The van der Waals surface area contributed by atoms with E-state index < -0.39 is 5.60 Å². The van der Waals surface area contributed by atoms with Crippen LogP contribution in [0.5, 0.6) is 0 Å². The van der Waals surface area contributed by atoms with Gasteiger partial charge in [0, 0.05) is 6.42 Å². The number of rotatable bonds is 4. The van der Waals surface area contributed by atoms with Crippen LogP contribution < -0.4 is 0 Å². The number of hydrogen-bond donors (Lipinski definition) is 1. The Kier molecular flexibility index (Phi) is 3.88. The third kappa shape index (κ3) is 2.71. The van der Waals surface area contributed by atoms with Gasteiger partial charge >= 0.3 is 0 Å². The molecule has 0 amide bonds. The summed E-state index contributed by atoms with van der Waals surface area (Å²) in [6.45, 7) is 4.37. The molecule has 0 bridgehead atoms. The Morgan fingerprint density at radius 2 is 1.82 bits per heavy atom. The summed E-state index contributed by atoms with van der Waals surface area (Å²) in [5.74, 6) is 0.494. The van der Waals surface area contributed by atoms with Crippen LogP contribution in [0.4, 0.5) is 0 Å². The molecule has 0 heterocycles. The zero-order valence-electron chi connectivity index (χ0n) is 11.1. The summed E-state index contributed by atoms with van der Waals surface area (Å²) >= 11 is 0. The molecule has 0 radical (unpaired) electrons. The summed E-state index contributed by atoms with van der Waals surface area (Å²) in [7, 11) is 0. The van der Waals surface area contributed by atoms with Crippen LogP contribution in [-0.4, -0.2) is 10.7 Å². The minimum atomic E-state index is -0.442. The molecule has 1 aliphatic carbocycles. The van der Waals surface area contributed by atoms with Crippen LogP contribution in [-0.2, 0) is 12.8 Å². The van der Waals surface area contributed by atoms with E-state index in [9.17, 15) is 5.11 Å². The van der Waals surface area contributed by atoms with Crippen molar-refractivity contribution in [3.05, 3.63) is 35.4 Å². The SMILES string of the molecule is CCc1ccc(CC2(O)CCCC2CC)cc1. The van der Waals surface area contributed by atoms with Crippen LogP contribution in [0.25, 0.3) is 0 Å². The number of benzene rings is 1. The molecule has 2 rings (SSSR count). The van der Waals surface area contributed by atoms with Crippen LogP contribution >= 0.6 is 0 Å². The quantitative estimate of drug-likeness (QED) is 0.838. The molecular weight excluding hydrogens is 208 g/mol. The van der Waals surface area contributed by atoms with E-state index in [0.29, 0.717) is 5.92 Å². The zero-order chi connectivity index (χ0) is 12.3. The van der Waals surface area contributed by atoms with Gasteiger partial charge in [0.05, 0.1) is 5.60 Å². The van der Waals surface area contributed by atoms with Gasteiger partial charge in [-0.05, 0) is 36.3 Å². The second kappa shape index (κ2) is 5.22. The van der Waals surface area contributed by atoms with Crippen molar-refractivity contribution in [3.8, 4) is 0 Å². The van der Waals surface area contributed by atoms with E-state index >= 15 is 0 Å². The van der Waals surface area contributed by atoms with Crippen LogP contribution in [0.2, 0.25) is 0 Å². The highest BCUT2D eigenvalue weighted by Crippen LogP contribution is 2.39. The molecule has 2 atom stereocenters. The van der Waals surface area contributed by atoms with Gasteiger partial charge in [-0.3, -0.25) is 0 Å². The lowest BCUT2D eigenvalue weighted by Gasteiger charge is -2.29. The first kappa shape index (κ1) is 12.6. The average molecular weight is 232 g/mol. The monoisotopic (exact) mass is 232 g/mol. The van der Waals surface area contributed by atoms with E-state index in [-0.39, 0.29) is 0 Å². The molecular formula is C16H24O. The third-order valence-corrected chi connectivity index (χ3v) is 4.36. The van der Waals surface area contributed by atoms with E-state index in [4.69, 9.17) is 0 Å². The predicted octanol–water partition coefficient (Wildman–Crippen LogP) is 3.73. The number of aliphatic hydroxyl groups is 1. The van der Waals surface area contributed by atoms with Crippen LogP contribution in [0.1, 0.15) is 50.7 Å². The van der Waals surface area contributed by atoms with Gasteiger partial charge in [-0.25, -0.2) is 0 Å². The van der Waals surface area contributed by atoms with Crippen molar-refractivity contribution in [1.29, 1.82) is 0 Å². The van der Waals surface area contributed by atoms with Crippen molar-refractivity contribution in [2.45, 2.75) is 58.0 Å². The Labute approximate surface area is 105 Å². The van der Waals surface area contributed by atoms with E-state index in [0.717, 1.165) is 25.7 Å². The highest BCUT2D eigenvalue weighted by molar-refractivity contribution is 5.24. The van der Waals surface area contributed by atoms with Crippen molar-refractivity contribution in [2.24, 2.45) is 5.92 Å². The summed E-state index contributed by atoms with van der Waals surface area (Å²) in [4.78, 5) is 0. The summed E-state index contributed by atoms with van der Waals surface area (Å²) < 4.78 is 0. The third-order valence-electron chi connectivity index (χ3n) is 4.36. The minimum Gasteiger partial charge on any atom is -0.389 e. The van der Waals surface area contributed by atoms with Crippen molar-refractivity contribution >= 4 is 0 Å². The lowest BCUT2D eigenvalue weighted by molar-refractivity contribution is 0.00147. The molecule has 94 valence electrons. The fraction of sp³-hybridized carbons (Fsp3) is 0.625. The molecule has 17 heavy (non-hydrogen) atoms. The fourth-order valence-electron chi connectivity index (χ4n) is 3.19. The van der Waals surface area contributed by atoms with Gasteiger partial charge in [0.2, 0.25) is 0 Å². The van der Waals surface area contributed by atoms with Gasteiger partial charge in [-0.15, -0.1) is 0 Å². The van der Waals surface area contributed by atoms with Gasteiger partial charge in [-0.1, -0.05) is 51.0 Å². The summed E-state index contributed by atoms with van der Waals surface area (Å²) in [6, 6.07) is 8.74. The summed E-state index contributed by atoms with van der Waals surface area (Å²) in [5, 5.41) is 10.7. The molecule has 1 heteroatoms. The predicted molar refractivity (Wildman–Crippen MR) is 72.1 cm³/mol. The molecule has 1 aromatic carbocycles. The minimum absolute atomic E-state index is 0.442. The first-order valence-corrected chi connectivity index (χ1v) is 6.98. The second-order valence-electron chi connectivity index (χ2n) is 5.45. The fourth-order valence-corrected chi connectivity index (χ4v) is 3.19. The smallest absolute Gasteiger partial charge is 0.0715 e. The van der Waals surface area contributed by atoms with Crippen LogP contribution in [0.15, 0.2) is 24.3 Å². The molecule has 0 aliphatic heterocycles. The molecule has 0 aromatic heterocycles.